The molecule has 1 heterocycles. The monoisotopic (exact) mass is 259 g/mol. The molecule has 19 heavy (non-hydrogen) atoms. The second kappa shape index (κ2) is 6.06. The van der Waals surface area contributed by atoms with Crippen LogP contribution in [0.1, 0.15) is 54.8 Å². The van der Waals surface area contributed by atoms with E-state index in [0.29, 0.717) is 12.1 Å². The Hall–Kier alpha value is -0.860. The Balaban J connectivity index is 1.64. The zero-order valence-corrected chi connectivity index (χ0v) is 12.0. The third-order valence-electron chi connectivity index (χ3n) is 4.67. The minimum atomic E-state index is 0.482. The fraction of sp³-hybridized carbons (Fsp3) is 0.647. The van der Waals surface area contributed by atoms with Gasteiger partial charge in [0.25, 0.3) is 0 Å². The van der Waals surface area contributed by atoms with Gasteiger partial charge in [0.2, 0.25) is 0 Å². The van der Waals surface area contributed by atoms with Crippen LogP contribution >= 0.6 is 0 Å². The first kappa shape index (κ1) is 13.1. The summed E-state index contributed by atoms with van der Waals surface area (Å²) in [6.07, 6.45) is 9.24. The van der Waals surface area contributed by atoms with Gasteiger partial charge in [0.1, 0.15) is 0 Å². The number of hydrogen-bond acceptors (Lipinski definition) is 2. The Morgan fingerprint density at radius 1 is 1.26 bits per heavy atom. The number of nitrogens with one attached hydrogen (secondary N) is 1. The highest BCUT2D eigenvalue weighted by atomic mass is 16.5. The van der Waals surface area contributed by atoms with Gasteiger partial charge in [0, 0.05) is 12.6 Å². The maximum absolute atomic E-state index is 5.73. The Morgan fingerprint density at radius 2 is 2.16 bits per heavy atom. The third-order valence-corrected chi connectivity index (χ3v) is 4.67. The summed E-state index contributed by atoms with van der Waals surface area (Å²) < 4.78 is 5.73. The van der Waals surface area contributed by atoms with Crippen molar-refractivity contribution in [2.24, 2.45) is 0 Å². The number of aryl methyl sites for hydroxylation is 2. The van der Waals surface area contributed by atoms with E-state index < -0.39 is 0 Å². The second-order valence-electron chi connectivity index (χ2n) is 5.94. The van der Waals surface area contributed by atoms with Crippen molar-refractivity contribution in [3.63, 3.8) is 0 Å². The molecule has 0 bridgehead atoms. The second-order valence-corrected chi connectivity index (χ2v) is 5.94. The molecule has 1 aromatic rings. The van der Waals surface area contributed by atoms with Crippen molar-refractivity contribution in [2.75, 3.05) is 13.7 Å². The molecule has 0 radical (unpaired) electrons. The summed E-state index contributed by atoms with van der Waals surface area (Å²) in [5.41, 5.74) is 4.61. The normalized spacial score (nSPS) is 23.5. The van der Waals surface area contributed by atoms with Crippen LogP contribution in [0, 0.1) is 0 Å². The summed E-state index contributed by atoms with van der Waals surface area (Å²) in [6, 6.07) is 7.57. The highest BCUT2D eigenvalue weighted by Crippen LogP contribution is 2.28. The van der Waals surface area contributed by atoms with Crippen molar-refractivity contribution in [2.45, 2.75) is 57.1 Å². The van der Waals surface area contributed by atoms with E-state index in [1.807, 2.05) is 0 Å². The lowest BCUT2D eigenvalue weighted by molar-refractivity contribution is 0.0998. The topological polar surface area (TPSA) is 21.3 Å². The molecule has 3 rings (SSSR count). The Bertz CT molecular complexity index is 423. The van der Waals surface area contributed by atoms with E-state index >= 15 is 0 Å². The van der Waals surface area contributed by atoms with Crippen LogP contribution in [-0.4, -0.2) is 19.8 Å². The molecule has 1 fully saturated rings. The largest absolute Gasteiger partial charge is 0.378 e. The van der Waals surface area contributed by atoms with E-state index in [1.165, 1.54) is 50.5 Å². The molecule has 1 aliphatic carbocycles. The average Bonchev–Trinajstić information content (AvgIpc) is 3.09. The van der Waals surface area contributed by atoms with Crippen LogP contribution in [-0.2, 0) is 17.6 Å². The fourth-order valence-electron chi connectivity index (χ4n) is 3.51. The lowest BCUT2D eigenvalue weighted by Crippen LogP contribution is -2.19. The average molecular weight is 259 g/mol. The molecule has 0 spiro atoms. The van der Waals surface area contributed by atoms with Gasteiger partial charge in [0.15, 0.2) is 0 Å². The van der Waals surface area contributed by atoms with Gasteiger partial charge in [-0.1, -0.05) is 18.2 Å². The number of benzene rings is 1. The highest BCUT2D eigenvalue weighted by molar-refractivity contribution is 5.36. The summed E-state index contributed by atoms with van der Waals surface area (Å²) in [7, 11) is 2.08. The van der Waals surface area contributed by atoms with E-state index in [2.05, 4.69) is 30.6 Å². The molecule has 2 heteroatoms. The quantitative estimate of drug-likeness (QED) is 0.875. The molecule has 2 atom stereocenters. The van der Waals surface area contributed by atoms with Crippen molar-refractivity contribution in [1.82, 2.24) is 5.32 Å². The third kappa shape index (κ3) is 3.01. The fourth-order valence-corrected chi connectivity index (χ4v) is 3.51. The number of fused-ring (bicyclic) bond motifs is 1. The maximum atomic E-state index is 5.73. The van der Waals surface area contributed by atoms with Crippen molar-refractivity contribution < 1.29 is 4.74 Å². The van der Waals surface area contributed by atoms with Crippen LogP contribution in [0.3, 0.4) is 0 Å². The van der Waals surface area contributed by atoms with Crippen molar-refractivity contribution in [3.8, 4) is 0 Å². The summed E-state index contributed by atoms with van der Waals surface area (Å²) in [5, 5.41) is 3.48. The summed E-state index contributed by atoms with van der Waals surface area (Å²) in [4.78, 5) is 0. The smallest absolute Gasteiger partial charge is 0.0576 e. The van der Waals surface area contributed by atoms with E-state index in [-0.39, 0.29) is 0 Å². The maximum Gasteiger partial charge on any atom is 0.0576 e. The van der Waals surface area contributed by atoms with Crippen molar-refractivity contribution in [1.29, 1.82) is 0 Å². The number of ether oxygens (including phenoxy) is 1. The van der Waals surface area contributed by atoms with Gasteiger partial charge in [-0.2, -0.15) is 0 Å². The summed E-state index contributed by atoms with van der Waals surface area (Å²) in [5.74, 6) is 0. The molecule has 104 valence electrons. The molecule has 0 saturated carbocycles. The Labute approximate surface area is 116 Å². The molecular weight excluding hydrogens is 234 g/mol. The van der Waals surface area contributed by atoms with Gasteiger partial charge in [-0.3, -0.25) is 0 Å². The van der Waals surface area contributed by atoms with E-state index in [0.717, 1.165) is 6.61 Å². The van der Waals surface area contributed by atoms with Crippen LogP contribution in [0.5, 0.6) is 0 Å². The first-order chi connectivity index (χ1) is 9.36. The zero-order valence-electron chi connectivity index (χ0n) is 12.0. The molecular formula is C17H25NO. The van der Waals surface area contributed by atoms with Crippen LogP contribution in [0.15, 0.2) is 18.2 Å². The lowest BCUT2D eigenvalue weighted by Gasteiger charge is -2.19. The molecule has 0 aromatic heterocycles. The van der Waals surface area contributed by atoms with Gasteiger partial charge in [-0.25, -0.2) is 0 Å². The number of hydrogen-bond donors (Lipinski definition) is 1. The van der Waals surface area contributed by atoms with E-state index in [1.54, 1.807) is 11.1 Å². The van der Waals surface area contributed by atoms with Crippen LogP contribution < -0.4 is 5.32 Å². The van der Waals surface area contributed by atoms with Crippen LogP contribution in [0.2, 0.25) is 0 Å². The molecule has 2 aliphatic rings. The highest BCUT2D eigenvalue weighted by Gasteiger charge is 2.19. The predicted molar refractivity (Wildman–Crippen MR) is 78.5 cm³/mol. The van der Waals surface area contributed by atoms with Crippen LogP contribution in [0.25, 0.3) is 0 Å². The van der Waals surface area contributed by atoms with Gasteiger partial charge in [-0.05, 0) is 68.7 Å². The SMILES string of the molecule is CNC(CCC1CCCO1)c1ccc2c(c1)CCC2. The lowest BCUT2D eigenvalue weighted by atomic mass is 9.96. The molecule has 1 N–H and O–H groups in total. The van der Waals surface area contributed by atoms with Crippen molar-refractivity contribution >= 4 is 0 Å². The molecule has 1 aromatic carbocycles. The van der Waals surface area contributed by atoms with E-state index in [9.17, 15) is 0 Å². The Morgan fingerprint density at radius 3 is 2.95 bits per heavy atom. The predicted octanol–water partition coefficient (Wildman–Crippen LogP) is 3.40. The van der Waals surface area contributed by atoms with Gasteiger partial charge >= 0.3 is 0 Å². The van der Waals surface area contributed by atoms with Gasteiger partial charge < -0.3 is 10.1 Å². The molecule has 1 aliphatic heterocycles. The first-order valence-corrected chi connectivity index (χ1v) is 7.77. The standard InChI is InChI=1S/C17H25NO/c1-18-17(10-9-16-6-3-11-19-16)15-8-7-13-4-2-5-14(13)12-15/h7-8,12,16-18H,2-6,9-11H2,1H3. The first-order valence-electron chi connectivity index (χ1n) is 7.77. The molecule has 2 unspecified atom stereocenters. The minimum Gasteiger partial charge on any atom is -0.378 e. The van der Waals surface area contributed by atoms with Gasteiger partial charge in [0.05, 0.1) is 6.10 Å². The van der Waals surface area contributed by atoms with Crippen molar-refractivity contribution in [3.05, 3.63) is 34.9 Å². The summed E-state index contributed by atoms with van der Waals surface area (Å²) >= 11 is 0. The number of rotatable bonds is 5. The Kier molecular flexibility index (Phi) is 4.19. The van der Waals surface area contributed by atoms with Crippen LogP contribution in [0.4, 0.5) is 0 Å². The summed E-state index contributed by atoms with van der Waals surface area (Å²) in [6.45, 7) is 0.966. The molecule has 0 amide bonds. The zero-order chi connectivity index (χ0) is 13.1. The molecule has 2 nitrogen and oxygen atoms in total. The minimum absolute atomic E-state index is 0.482. The van der Waals surface area contributed by atoms with E-state index in [4.69, 9.17) is 4.74 Å². The molecule has 1 saturated heterocycles. The van der Waals surface area contributed by atoms with Gasteiger partial charge in [-0.15, -0.1) is 0 Å².